The van der Waals surface area contributed by atoms with Crippen LogP contribution in [0.15, 0.2) is 28.9 Å². The van der Waals surface area contributed by atoms with E-state index in [4.69, 9.17) is 9.15 Å². The molecule has 0 fully saturated rings. The van der Waals surface area contributed by atoms with Gasteiger partial charge in [0, 0.05) is 18.4 Å². The highest BCUT2D eigenvalue weighted by molar-refractivity contribution is 6.00. The maximum Gasteiger partial charge on any atom is 0.166 e. The van der Waals surface area contributed by atoms with Crippen LogP contribution in [0, 0.1) is 11.3 Å². The maximum atomic E-state index is 12.1. The van der Waals surface area contributed by atoms with Gasteiger partial charge in [0.15, 0.2) is 5.78 Å². The molecule has 0 saturated carbocycles. The second-order valence-corrected chi connectivity index (χ2v) is 5.59. The first-order valence-electron chi connectivity index (χ1n) is 6.92. The topological polar surface area (TPSA) is 63.2 Å². The van der Waals surface area contributed by atoms with Gasteiger partial charge in [0.25, 0.3) is 0 Å². The molecule has 0 unspecified atom stereocenters. The molecule has 2 aromatic rings. The zero-order valence-electron chi connectivity index (χ0n) is 11.6. The first-order chi connectivity index (χ1) is 10.2. The highest BCUT2D eigenvalue weighted by Gasteiger charge is 2.48. The van der Waals surface area contributed by atoms with Gasteiger partial charge in [-0.2, -0.15) is 5.26 Å². The average Bonchev–Trinajstić information content (AvgIpc) is 2.95. The lowest BCUT2D eigenvalue weighted by Gasteiger charge is -2.36. The Kier molecular flexibility index (Phi) is 2.32. The first kappa shape index (κ1) is 12.2. The molecular weight excluding hydrogens is 266 g/mol. The van der Waals surface area contributed by atoms with E-state index < -0.39 is 5.41 Å². The summed E-state index contributed by atoms with van der Waals surface area (Å²) in [6.07, 6.45) is 3.01. The summed E-state index contributed by atoms with van der Waals surface area (Å²) in [5, 5.41) is 9.89. The SMILES string of the molecule is COc1ccc2c(c1)Cc1occ3c1[C@@]2(C#N)CCC3=O. The fourth-order valence-electron chi connectivity index (χ4n) is 3.64. The molecule has 0 saturated heterocycles. The summed E-state index contributed by atoms with van der Waals surface area (Å²) in [5.74, 6) is 1.58. The van der Waals surface area contributed by atoms with Crippen molar-refractivity contribution in [1.82, 2.24) is 0 Å². The van der Waals surface area contributed by atoms with Crippen molar-refractivity contribution in [2.75, 3.05) is 7.11 Å². The molecule has 104 valence electrons. The van der Waals surface area contributed by atoms with Crippen LogP contribution in [-0.4, -0.2) is 12.9 Å². The summed E-state index contributed by atoms with van der Waals surface area (Å²) in [6, 6.07) is 8.24. The number of nitriles is 1. The van der Waals surface area contributed by atoms with Crippen LogP contribution in [0.2, 0.25) is 0 Å². The molecule has 4 rings (SSSR count). The number of methoxy groups -OCH3 is 1. The monoisotopic (exact) mass is 279 g/mol. The van der Waals surface area contributed by atoms with Gasteiger partial charge in [0.05, 0.1) is 18.7 Å². The molecule has 4 nitrogen and oxygen atoms in total. The molecule has 1 heterocycles. The van der Waals surface area contributed by atoms with Crippen molar-refractivity contribution in [3.8, 4) is 11.8 Å². The number of rotatable bonds is 1. The van der Waals surface area contributed by atoms with E-state index in [1.54, 1.807) is 7.11 Å². The van der Waals surface area contributed by atoms with E-state index in [0.717, 1.165) is 28.2 Å². The average molecular weight is 279 g/mol. The summed E-state index contributed by atoms with van der Waals surface area (Å²) in [6.45, 7) is 0. The van der Waals surface area contributed by atoms with Crippen molar-refractivity contribution in [1.29, 1.82) is 5.26 Å². The van der Waals surface area contributed by atoms with Crippen LogP contribution in [0.1, 0.15) is 45.7 Å². The molecule has 0 radical (unpaired) electrons. The minimum Gasteiger partial charge on any atom is -0.497 e. The predicted octanol–water partition coefficient (Wildman–Crippen LogP) is 2.98. The van der Waals surface area contributed by atoms with Gasteiger partial charge in [0.1, 0.15) is 23.2 Å². The second kappa shape index (κ2) is 3.98. The molecular formula is C17H13NO3. The lowest BCUT2D eigenvalue weighted by Crippen LogP contribution is -2.36. The van der Waals surface area contributed by atoms with Crippen LogP contribution < -0.4 is 4.74 Å². The molecule has 2 aliphatic carbocycles. The third kappa shape index (κ3) is 1.41. The lowest BCUT2D eigenvalue weighted by atomic mass is 9.63. The maximum absolute atomic E-state index is 12.1. The molecule has 1 aromatic heterocycles. The number of carbonyl (C=O) groups excluding carboxylic acids is 1. The van der Waals surface area contributed by atoms with Crippen molar-refractivity contribution in [2.45, 2.75) is 24.7 Å². The van der Waals surface area contributed by atoms with E-state index in [0.29, 0.717) is 24.8 Å². The Morgan fingerprint density at radius 3 is 3.05 bits per heavy atom. The fraction of sp³-hybridized carbons (Fsp3) is 0.294. The number of ketones is 1. The van der Waals surface area contributed by atoms with E-state index in [2.05, 4.69) is 6.07 Å². The standard InChI is InChI=1S/C17H13NO3/c1-20-11-2-3-13-10(6-11)7-15-16-12(8-21-15)14(19)4-5-17(13,16)9-18/h2-3,6,8H,4-5,7H2,1H3/t17-/m1/s1. The highest BCUT2D eigenvalue weighted by Crippen LogP contribution is 2.50. The van der Waals surface area contributed by atoms with Crippen LogP contribution in [0.4, 0.5) is 0 Å². The molecule has 4 heteroatoms. The Bertz CT molecular complexity index is 812. The molecule has 1 atom stereocenters. The van der Waals surface area contributed by atoms with Crippen LogP contribution in [0.5, 0.6) is 5.75 Å². The largest absolute Gasteiger partial charge is 0.497 e. The number of nitrogens with zero attached hydrogens (tertiary/aromatic N) is 1. The normalized spacial score (nSPS) is 22.2. The zero-order valence-corrected chi connectivity index (χ0v) is 11.6. The Balaban J connectivity index is 2.03. The Labute approximate surface area is 121 Å². The van der Waals surface area contributed by atoms with E-state index in [9.17, 15) is 10.1 Å². The molecule has 0 N–H and O–H groups in total. The van der Waals surface area contributed by atoms with Gasteiger partial charge in [-0.05, 0) is 29.7 Å². The molecule has 0 spiro atoms. The van der Waals surface area contributed by atoms with Gasteiger partial charge in [0.2, 0.25) is 0 Å². The van der Waals surface area contributed by atoms with Gasteiger partial charge in [-0.1, -0.05) is 6.07 Å². The molecule has 2 aliphatic rings. The summed E-state index contributed by atoms with van der Waals surface area (Å²) >= 11 is 0. The third-order valence-corrected chi connectivity index (χ3v) is 4.64. The number of Topliss-reactive ketones (excluding diaryl/α,β-unsaturated/α-hetero) is 1. The van der Waals surface area contributed by atoms with Gasteiger partial charge in [-0.25, -0.2) is 0 Å². The van der Waals surface area contributed by atoms with Crippen molar-refractivity contribution in [3.05, 3.63) is 52.5 Å². The predicted molar refractivity (Wildman–Crippen MR) is 74.5 cm³/mol. The van der Waals surface area contributed by atoms with E-state index >= 15 is 0 Å². The van der Waals surface area contributed by atoms with E-state index in [1.807, 2.05) is 18.2 Å². The number of furan rings is 1. The minimum absolute atomic E-state index is 0.0721. The number of hydrogen-bond acceptors (Lipinski definition) is 4. The van der Waals surface area contributed by atoms with Crippen molar-refractivity contribution < 1.29 is 13.9 Å². The number of carbonyl (C=O) groups is 1. The molecule has 0 bridgehead atoms. The molecule has 21 heavy (non-hydrogen) atoms. The quantitative estimate of drug-likeness (QED) is 0.805. The van der Waals surface area contributed by atoms with Gasteiger partial charge in [-0.15, -0.1) is 0 Å². The minimum atomic E-state index is -0.759. The second-order valence-electron chi connectivity index (χ2n) is 5.59. The Morgan fingerprint density at radius 2 is 2.29 bits per heavy atom. The van der Waals surface area contributed by atoms with Crippen molar-refractivity contribution in [3.63, 3.8) is 0 Å². The van der Waals surface area contributed by atoms with E-state index in [-0.39, 0.29) is 5.78 Å². The van der Waals surface area contributed by atoms with Crippen LogP contribution in [0.3, 0.4) is 0 Å². The van der Waals surface area contributed by atoms with Crippen molar-refractivity contribution in [2.24, 2.45) is 0 Å². The van der Waals surface area contributed by atoms with Gasteiger partial charge in [-0.3, -0.25) is 4.79 Å². The smallest absolute Gasteiger partial charge is 0.166 e. The number of benzene rings is 1. The lowest BCUT2D eigenvalue weighted by molar-refractivity contribution is 0.0963. The summed E-state index contributed by atoms with van der Waals surface area (Å²) < 4.78 is 10.9. The Morgan fingerprint density at radius 1 is 1.43 bits per heavy atom. The number of ether oxygens (including phenoxy) is 1. The molecule has 0 aliphatic heterocycles. The van der Waals surface area contributed by atoms with Gasteiger partial charge >= 0.3 is 0 Å². The molecule has 1 aromatic carbocycles. The first-order valence-corrected chi connectivity index (χ1v) is 6.92. The van der Waals surface area contributed by atoms with Gasteiger partial charge < -0.3 is 9.15 Å². The number of fused-ring (bicyclic) bond motifs is 2. The number of hydrogen-bond donors (Lipinski definition) is 0. The zero-order chi connectivity index (χ0) is 14.6. The Hall–Kier alpha value is -2.54. The highest BCUT2D eigenvalue weighted by atomic mass is 16.5. The third-order valence-electron chi connectivity index (χ3n) is 4.64. The fourth-order valence-corrected chi connectivity index (χ4v) is 3.64. The van der Waals surface area contributed by atoms with E-state index in [1.165, 1.54) is 6.26 Å². The molecule has 0 amide bonds. The van der Waals surface area contributed by atoms with Crippen LogP contribution in [-0.2, 0) is 11.8 Å². The van der Waals surface area contributed by atoms with Crippen molar-refractivity contribution >= 4 is 5.78 Å². The van der Waals surface area contributed by atoms with Crippen LogP contribution >= 0.6 is 0 Å². The summed E-state index contributed by atoms with van der Waals surface area (Å²) in [4.78, 5) is 12.1. The summed E-state index contributed by atoms with van der Waals surface area (Å²) in [5.41, 5.74) is 2.64. The summed E-state index contributed by atoms with van der Waals surface area (Å²) in [7, 11) is 1.63. The van der Waals surface area contributed by atoms with Crippen LogP contribution in [0.25, 0.3) is 0 Å².